The average Bonchev–Trinajstić information content (AvgIpc) is 2.74. The zero-order valence-electron chi connectivity index (χ0n) is 16.6. The van der Waals surface area contributed by atoms with Crippen molar-refractivity contribution < 1.29 is 9.18 Å². The lowest BCUT2D eigenvalue weighted by atomic mass is 10.0. The summed E-state index contributed by atoms with van der Waals surface area (Å²) in [6, 6.07) is 14.8. The van der Waals surface area contributed by atoms with Crippen LogP contribution in [0.25, 0.3) is 16.5 Å². The molecule has 3 aromatic rings. The molecule has 4 rings (SSSR count). The number of amides is 1. The third-order valence-electron chi connectivity index (χ3n) is 5.49. The molecule has 150 valence electrons. The van der Waals surface area contributed by atoms with Gasteiger partial charge < -0.3 is 9.80 Å². The molecule has 1 aliphatic heterocycles. The topological polar surface area (TPSA) is 45.6 Å². The molecule has 0 atom stereocenters. The molecule has 0 unspecified atom stereocenters. The molecular formula is C23H24FN3O2. The number of rotatable bonds is 3. The largest absolute Gasteiger partial charge is 0.378 e. The smallest absolute Gasteiger partial charge is 0.262 e. The van der Waals surface area contributed by atoms with Crippen molar-refractivity contribution in [2.24, 2.45) is 0 Å². The summed E-state index contributed by atoms with van der Waals surface area (Å²) in [5.74, 6) is -0.161. The van der Waals surface area contributed by atoms with Gasteiger partial charge in [0.1, 0.15) is 6.17 Å². The number of halogens is 1. The number of hydrogen-bond acceptors (Lipinski definition) is 3. The van der Waals surface area contributed by atoms with Gasteiger partial charge in [-0.15, -0.1) is 0 Å². The number of carbonyl (C=O) groups excluding carboxylic acids is 1. The number of piperidine rings is 1. The summed E-state index contributed by atoms with van der Waals surface area (Å²) < 4.78 is 15.1. The van der Waals surface area contributed by atoms with Gasteiger partial charge in [0, 0.05) is 49.8 Å². The minimum absolute atomic E-state index is 0.161. The summed E-state index contributed by atoms with van der Waals surface area (Å²) in [6.45, 7) is 0.785. The number of hydrogen-bond donors (Lipinski definition) is 0. The number of aromatic nitrogens is 1. The first-order chi connectivity index (χ1) is 14.0. The summed E-state index contributed by atoms with van der Waals surface area (Å²) in [4.78, 5) is 30.1. The van der Waals surface area contributed by atoms with Crippen LogP contribution in [0.4, 0.5) is 10.1 Å². The second kappa shape index (κ2) is 7.70. The maximum Gasteiger partial charge on any atom is 0.262 e. The van der Waals surface area contributed by atoms with E-state index >= 15 is 0 Å². The van der Waals surface area contributed by atoms with Crippen LogP contribution in [0.1, 0.15) is 23.2 Å². The number of benzene rings is 2. The molecular weight excluding hydrogens is 369 g/mol. The minimum Gasteiger partial charge on any atom is -0.378 e. The quantitative estimate of drug-likeness (QED) is 0.683. The second-order valence-corrected chi connectivity index (χ2v) is 7.64. The van der Waals surface area contributed by atoms with Gasteiger partial charge in [-0.05, 0) is 37.1 Å². The van der Waals surface area contributed by atoms with Gasteiger partial charge in [-0.3, -0.25) is 14.2 Å². The van der Waals surface area contributed by atoms with Crippen molar-refractivity contribution in [1.82, 2.24) is 9.47 Å². The van der Waals surface area contributed by atoms with Crippen LogP contribution < -0.4 is 10.5 Å². The highest BCUT2D eigenvalue weighted by molar-refractivity contribution is 6.06. The van der Waals surface area contributed by atoms with Crippen molar-refractivity contribution in [2.45, 2.75) is 19.0 Å². The fourth-order valence-corrected chi connectivity index (χ4v) is 3.80. The molecule has 6 heteroatoms. The molecule has 0 spiro atoms. The van der Waals surface area contributed by atoms with Crippen LogP contribution in [0, 0.1) is 0 Å². The third kappa shape index (κ3) is 3.62. The van der Waals surface area contributed by atoms with Gasteiger partial charge in [0.05, 0.1) is 11.3 Å². The van der Waals surface area contributed by atoms with Gasteiger partial charge in [0.25, 0.3) is 11.5 Å². The van der Waals surface area contributed by atoms with Gasteiger partial charge in [-0.1, -0.05) is 24.3 Å². The summed E-state index contributed by atoms with van der Waals surface area (Å²) in [6.07, 6.45) is 1.49. The van der Waals surface area contributed by atoms with Crippen LogP contribution in [0.2, 0.25) is 0 Å². The summed E-state index contributed by atoms with van der Waals surface area (Å²) in [7, 11) is 3.87. The monoisotopic (exact) mass is 393 g/mol. The summed E-state index contributed by atoms with van der Waals surface area (Å²) >= 11 is 0. The third-order valence-corrected chi connectivity index (χ3v) is 5.49. The molecule has 0 radical (unpaired) electrons. The zero-order chi connectivity index (χ0) is 20.5. The van der Waals surface area contributed by atoms with E-state index in [4.69, 9.17) is 0 Å². The van der Waals surface area contributed by atoms with Crippen LogP contribution in [0.3, 0.4) is 0 Å². The van der Waals surface area contributed by atoms with Crippen LogP contribution in [0.15, 0.2) is 59.5 Å². The highest BCUT2D eigenvalue weighted by Crippen LogP contribution is 2.23. The van der Waals surface area contributed by atoms with Crippen LogP contribution in [-0.4, -0.2) is 48.7 Å². The van der Waals surface area contributed by atoms with Crippen molar-refractivity contribution in [2.75, 3.05) is 32.1 Å². The Hall–Kier alpha value is -3.15. The molecule has 0 aliphatic carbocycles. The molecule has 0 bridgehead atoms. The van der Waals surface area contributed by atoms with E-state index in [1.54, 1.807) is 29.3 Å². The number of pyridine rings is 1. The Morgan fingerprint density at radius 3 is 2.41 bits per heavy atom. The fourth-order valence-electron chi connectivity index (χ4n) is 3.80. The van der Waals surface area contributed by atoms with Gasteiger partial charge in [-0.25, -0.2) is 4.39 Å². The molecule has 0 N–H and O–H groups in total. The molecule has 1 amide bonds. The van der Waals surface area contributed by atoms with Crippen molar-refractivity contribution in [1.29, 1.82) is 0 Å². The van der Waals surface area contributed by atoms with E-state index in [0.29, 0.717) is 48.0 Å². The summed E-state index contributed by atoms with van der Waals surface area (Å²) in [5.41, 5.74) is 1.95. The van der Waals surface area contributed by atoms with E-state index in [0.717, 1.165) is 5.69 Å². The maximum absolute atomic E-state index is 13.5. The lowest BCUT2D eigenvalue weighted by Crippen LogP contribution is -2.39. The standard InChI is InChI=1S/C23H24FN3O2/c1-25(2)17-6-5-7-18(14-17)27-15-21(19-8-3-4-9-20(19)23(27)29)22(28)26-12-10-16(24)11-13-26/h3-9,14-16H,10-13H2,1-2H3. The minimum atomic E-state index is -0.849. The molecule has 29 heavy (non-hydrogen) atoms. The van der Waals surface area contributed by atoms with Crippen molar-refractivity contribution in [3.05, 3.63) is 70.6 Å². The van der Waals surface area contributed by atoms with E-state index in [-0.39, 0.29) is 11.5 Å². The van der Waals surface area contributed by atoms with Crippen LogP contribution in [-0.2, 0) is 0 Å². The number of fused-ring (bicyclic) bond motifs is 1. The van der Waals surface area contributed by atoms with Crippen LogP contribution in [0.5, 0.6) is 0 Å². The first kappa shape index (κ1) is 19.2. The van der Waals surface area contributed by atoms with Crippen molar-refractivity contribution >= 4 is 22.4 Å². The molecule has 1 saturated heterocycles. The lowest BCUT2D eigenvalue weighted by molar-refractivity contribution is 0.0668. The number of alkyl halides is 1. The van der Waals surface area contributed by atoms with Gasteiger partial charge >= 0.3 is 0 Å². The number of carbonyl (C=O) groups is 1. The first-order valence-corrected chi connectivity index (χ1v) is 9.81. The van der Waals surface area contributed by atoms with Crippen molar-refractivity contribution in [3.8, 4) is 5.69 Å². The SMILES string of the molecule is CN(C)c1cccc(-n2cc(C(=O)N3CCC(F)CC3)c3ccccc3c2=O)c1. The molecule has 2 aromatic carbocycles. The fraction of sp³-hybridized carbons (Fsp3) is 0.304. The predicted molar refractivity (Wildman–Crippen MR) is 114 cm³/mol. The van der Waals surface area contributed by atoms with Gasteiger partial charge in [0.2, 0.25) is 0 Å². The molecule has 1 aliphatic rings. The number of likely N-dealkylation sites (tertiary alicyclic amines) is 1. The highest BCUT2D eigenvalue weighted by atomic mass is 19.1. The highest BCUT2D eigenvalue weighted by Gasteiger charge is 2.25. The van der Waals surface area contributed by atoms with Gasteiger partial charge in [0.15, 0.2) is 0 Å². The van der Waals surface area contributed by atoms with E-state index in [9.17, 15) is 14.0 Å². The molecule has 0 saturated carbocycles. The maximum atomic E-state index is 13.5. The van der Waals surface area contributed by atoms with Gasteiger partial charge in [-0.2, -0.15) is 0 Å². The normalized spacial score (nSPS) is 14.9. The Labute approximate surface area is 169 Å². The van der Waals surface area contributed by atoms with Crippen molar-refractivity contribution in [3.63, 3.8) is 0 Å². The second-order valence-electron chi connectivity index (χ2n) is 7.64. The van der Waals surface area contributed by atoms with E-state index < -0.39 is 6.17 Å². The summed E-state index contributed by atoms with van der Waals surface area (Å²) in [5, 5.41) is 1.12. The predicted octanol–water partition coefficient (Wildman–Crippen LogP) is 3.63. The Balaban J connectivity index is 1.87. The Morgan fingerprint density at radius 2 is 1.72 bits per heavy atom. The van der Waals surface area contributed by atoms with E-state index in [1.807, 2.05) is 49.3 Å². The molecule has 2 heterocycles. The lowest BCUT2D eigenvalue weighted by Gasteiger charge is -2.29. The van der Waals surface area contributed by atoms with E-state index in [1.165, 1.54) is 4.57 Å². The molecule has 5 nitrogen and oxygen atoms in total. The molecule has 1 fully saturated rings. The van der Waals surface area contributed by atoms with Crippen LogP contribution >= 0.6 is 0 Å². The first-order valence-electron chi connectivity index (χ1n) is 9.81. The zero-order valence-corrected chi connectivity index (χ0v) is 16.6. The Bertz CT molecular complexity index is 1110. The van der Waals surface area contributed by atoms with E-state index in [2.05, 4.69) is 0 Å². The number of anilines is 1. The number of nitrogens with zero attached hydrogens (tertiary/aromatic N) is 3. The Kier molecular flexibility index (Phi) is 5.09. The average molecular weight is 393 g/mol. The Morgan fingerprint density at radius 1 is 1.03 bits per heavy atom. The molecule has 1 aromatic heterocycles.